The molecule has 0 radical (unpaired) electrons. The molecule has 0 amide bonds. The Morgan fingerprint density at radius 3 is 2.58 bits per heavy atom. The van der Waals surface area contributed by atoms with E-state index in [-0.39, 0.29) is 12.6 Å². The monoisotopic (exact) mass is 373 g/mol. The Hall–Kier alpha value is -1.35. The smallest absolute Gasteiger partial charge is 0.246 e. The molecule has 1 saturated heterocycles. The number of thiophene rings is 1. The molecule has 1 aliphatic rings. The van der Waals surface area contributed by atoms with Crippen LogP contribution in [-0.4, -0.2) is 32.0 Å². The van der Waals surface area contributed by atoms with E-state index in [1.165, 1.54) is 15.6 Å². The highest BCUT2D eigenvalue weighted by Crippen LogP contribution is 2.28. The van der Waals surface area contributed by atoms with E-state index in [9.17, 15) is 17.2 Å². The van der Waals surface area contributed by atoms with Crippen LogP contribution in [0, 0.1) is 11.6 Å². The van der Waals surface area contributed by atoms with Crippen molar-refractivity contribution < 1.29 is 21.9 Å². The summed E-state index contributed by atoms with van der Waals surface area (Å²) >= 11 is 1.44. The molecule has 0 aliphatic carbocycles. The molecular weight excluding hydrogens is 356 g/mol. The van der Waals surface area contributed by atoms with Gasteiger partial charge in [-0.1, -0.05) is 6.07 Å². The number of benzene rings is 1. The number of rotatable bonds is 5. The zero-order chi connectivity index (χ0) is 17.2. The summed E-state index contributed by atoms with van der Waals surface area (Å²) in [5.41, 5.74) is 0. The topological polar surface area (TPSA) is 46.6 Å². The molecule has 0 unspecified atom stereocenters. The van der Waals surface area contributed by atoms with Gasteiger partial charge in [-0.15, -0.1) is 11.3 Å². The lowest BCUT2D eigenvalue weighted by Crippen LogP contribution is -2.43. The normalized spacial score (nSPS) is 16.6. The molecule has 1 aromatic heterocycles. The fourth-order valence-corrected chi connectivity index (χ4v) is 5.25. The van der Waals surface area contributed by atoms with E-state index in [0.29, 0.717) is 32.1 Å². The van der Waals surface area contributed by atoms with Gasteiger partial charge in [-0.05, 0) is 36.4 Å². The van der Waals surface area contributed by atoms with Crippen molar-refractivity contribution in [2.24, 2.45) is 0 Å². The molecule has 2 heterocycles. The van der Waals surface area contributed by atoms with Gasteiger partial charge in [-0.2, -0.15) is 4.31 Å². The highest BCUT2D eigenvalue weighted by molar-refractivity contribution is 7.89. The van der Waals surface area contributed by atoms with E-state index >= 15 is 0 Å². The third-order valence-electron chi connectivity index (χ3n) is 3.97. The average Bonchev–Trinajstić information content (AvgIpc) is 3.06. The van der Waals surface area contributed by atoms with Crippen LogP contribution in [-0.2, 0) is 21.3 Å². The summed E-state index contributed by atoms with van der Waals surface area (Å²) in [6, 6.07) is 5.96. The third-order valence-corrected chi connectivity index (χ3v) is 6.76. The van der Waals surface area contributed by atoms with Crippen LogP contribution in [0.15, 0.2) is 40.6 Å². The Bertz CT molecular complexity index is 788. The summed E-state index contributed by atoms with van der Waals surface area (Å²) < 4.78 is 59.9. The summed E-state index contributed by atoms with van der Waals surface area (Å²) in [4.78, 5) is 0.375. The molecule has 0 saturated carbocycles. The number of nitrogens with zero attached hydrogens (tertiary/aromatic N) is 1. The number of ether oxygens (including phenoxy) is 1. The zero-order valence-corrected chi connectivity index (χ0v) is 14.5. The van der Waals surface area contributed by atoms with Crippen LogP contribution in [0.3, 0.4) is 0 Å². The molecule has 0 spiro atoms. The van der Waals surface area contributed by atoms with Crippen molar-refractivity contribution in [3.8, 4) is 0 Å². The van der Waals surface area contributed by atoms with Gasteiger partial charge in [0.25, 0.3) is 0 Å². The first-order valence-electron chi connectivity index (χ1n) is 7.55. The number of hydrogen-bond acceptors (Lipinski definition) is 4. The minimum atomic E-state index is -4.08. The van der Waals surface area contributed by atoms with Crippen molar-refractivity contribution in [2.45, 2.75) is 30.3 Å². The maximum Gasteiger partial charge on any atom is 0.246 e. The number of hydrogen-bond donors (Lipinski definition) is 0. The second-order valence-corrected chi connectivity index (χ2v) is 8.44. The molecule has 8 heteroatoms. The maximum atomic E-state index is 14.1. The largest absolute Gasteiger partial charge is 0.381 e. The van der Waals surface area contributed by atoms with E-state index in [2.05, 4.69) is 0 Å². The zero-order valence-electron chi connectivity index (χ0n) is 12.8. The SMILES string of the molecule is O=S(=O)(c1ccc(F)cc1F)N(Cc1cccs1)C1CCOCC1. The summed E-state index contributed by atoms with van der Waals surface area (Å²) in [6.45, 7) is 1.10. The van der Waals surface area contributed by atoms with Gasteiger partial charge in [0.2, 0.25) is 10.0 Å². The highest BCUT2D eigenvalue weighted by atomic mass is 32.2. The average molecular weight is 373 g/mol. The van der Waals surface area contributed by atoms with Gasteiger partial charge in [0, 0.05) is 36.7 Å². The second-order valence-electron chi connectivity index (χ2n) is 5.55. The van der Waals surface area contributed by atoms with Crippen LogP contribution < -0.4 is 0 Å². The molecule has 3 rings (SSSR count). The molecule has 0 bridgehead atoms. The molecular formula is C16H17F2NO3S2. The fourth-order valence-electron chi connectivity index (χ4n) is 2.75. The lowest BCUT2D eigenvalue weighted by Gasteiger charge is -2.33. The maximum absolute atomic E-state index is 14.1. The van der Waals surface area contributed by atoms with E-state index in [1.54, 1.807) is 0 Å². The first kappa shape index (κ1) is 17.5. The Morgan fingerprint density at radius 2 is 1.96 bits per heavy atom. The van der Waals surface area contributed by atoms with Crippen molar-refractivity contribution in [1.29, 1.82) is 0 Å². The fraction of sp³-hybridized carbons (Fsp3) is 0.375. The second kappa shape index (κ2) is 7.26. The van der Waals surface area contributed by atoms with Gasteiger partial charge in [-0.3, -0.25) is 0 Å². The highest BCUT2D eigenvalue weighted by Gasteiger charge is 2.34. The molecule has 4 nitrogen and oxygen atoms in total. The van der Waals surface area contributed by atoms with E-state index < -0.39 is 26.6 Å². The van der Waals surface area contributed by atoms with Gasteiger partial charge < -0.3 is 4.74 Å². The van der Waals surface area contributed by atoms with Gasteiger partial charge in [0.05, 0.1) is 0 Å². The number of halogens is 2. The Balaban J connectivity index is 1.98. The molecule has 0 N–H and O–H groups in total. The molecule has 1 aromatic carbocycles. The predicted molar refractivity (Wildman–Crippen MR) is 87.2 cm³/mol. The molecule has 1 fully saturated rings. The van der Waals surface area contributed by atoms with E-state index in [1.807, 2.05) is 17.5 Å². The number of sulfonamides is 1. The van der Waals surface area contributed by atoms with Crippen LogP contribution in [0.1, 0.15) is 17.7 Å². The summed E-state index contributed by atoms with van der Waals surface area (Å²) in [5.74, 6) is -1.87. The van der Waals surface area contributed by atoms with Gasteiger partial charge >= 0.3 is 0 Å². The minimum absolute atomic E-state index is 0.168. The van der Waals surface area contributed by atoms with Crippen molar-refractivity contribution in [2.75, 3.05) is 13.2 Å². The molecule has 130 valence electrons. The van der Waals surface area contributed by atoms with Crippen LogP contribution in [0.4, 0.5) is 8.78 Å². The Kier molecular flexibility index (Phi) is 5.29. The third kappa shape index (κ3) is 3.66. The standard InChI is InChI=1S/C16H17F2NO3S2/c17-12-3-4-16(15(18)10-12)24(20,21)19(11-14-2-1-9-23-14)13-5-7-22-8-6-13/h1-4,9-10,13H,5-8,11H2. The van der Waals surface area contributed by atoms with Gasteiger partial charge in [-0.25, -0.2) is 17.2 Å². The van der Waals surface area contributed by atoms with E-state index in [0.717, 1.165) is 17.0 Å². The van der Waals surface area contributed by atoms with Gasteiger partial charge in [0.1, 0.15) is 16.5 Å². The van der Waals surface area contributed by atoms with Crippen LogP contribution >= 0.6 is 11.3 Å². The van der Waals surface area contributed by atoms with Crippen molar-refractivity contribution in [3.63, 3.8) is 0 Å². The Labute approximate surface area is 143 Å². The molecule has 1 aliphatic heterocycles. The summed E-state index contributed by atoms with van der Waals surface area (Å²) in [5, 5.41) is 1.86. The molecule has 2 aromatic rings. The molecule has 0 atom stereocenters. The van der Waals surface area contributed by atoms with Gasteiger partial charge in [0.15, 0.2) is 0 Å². The lowest BCUT2D eigenvalue weighted by atomic mass is 10.1. The minimum Gasteiger partial charge on any atom is -0.381 e. The Morgan fingerprint density at radius 1 is 1.21 bits per heavy atom. The first-order valence-corrected chi connectivity index (χ1v) is 9.87. The van der Waals surface area contributed by atoms with Crippen molar-refractivity contribution in [3.05, 3.63) is 52.2 Å². The predicted octanol–water partition coefficient (Wildman–Crippen LogP) is 3.40. The van der Waals surface area contributed by atoms with Crippen LogP contribution in [0.25, 0.3) is 0 Å². The van der Waals surface area contributed by atoms with Crippen molar-refractivity contribution in [1.82, 2.24) is 4.31 Å². The van der Waals surface area contributed by atoms with Crippen molar-refractivity contribution >= 4 is 21.4 Å². The van der Waals surface area contributed by atoms with E-state index in [4.69, 9.17) is 4.74 Å². The van der Waals surface area contributed by atoms with Crippen LogP contribution in [0.2, 0.25) is 0 Å². The first-order chi connectivity index (χ1) is 11.5. The summed E-state index contributed by atoms with van der Waals surface area (Å²) in [7, 11) is -4.08. The lowest BCUT2D eigenvalue weighted by molar-refractivity contribution is 0.0571. The summed E-state index contributed by atoms with van der Waals surface area (Å²) in [6.07, 6.45) is 1.10. The molecule has 24 heavy (non-hydrogen) atoms. The van der Waals surface area contributed by atoms with Crippen LogP contribution in [0.5, 0.6) is 0 Å². The quantitative estimate of drug-likeness (QED) is 0.807.